The highest BCUT2D eigenvalue weighted by atomic mass is 15.0. The van der Waals surface area contributed by atoms with Crippen LogP contribution >= 0.6 is 0 Å². The molecule has 1 atom stereocenters. The first-order chi connectivity index (χ1) is 7.77. The van der Waals surface area contributed by atoms with Crippen LogP contribution in [0, 0.1) is 0 Å². The highest BCUT2D eigenvalue weighted by Gasteiger charge is 2.05. The molecule has 2 aromatic rings. The molecule has 3 heteroatoms. The third kappa shape index (κ3) is 2.49. The highest BCUT2D eigenvalue weighted by Crippen LogP contribution is 2.11. The Morgan fingerprint density at radius 3 is 2.88 bits per heavy atom. The number of nitrogens with zero attached hydrogens (tertiary/aromatic N) is 2. The van der Waals surface area contributed by atoms with Gasteiger partial charge in [-0.05, 0) is 30.7 Å². The molecule has 0 fully saturated rings. The minimum absolute atomic E-state index is 0.323. The van der Waals surface area contributed by atoms with Crippen LogP contribution in [0.3, 0.4) is 0 Å². The van der Waals surface area contributed by atoms with E-state index in [9.17, 15) is 0 Å². The van der Waals surface area contributed by atoms with Crippen molar-refractivity contribution in [3.8, 4) is 0 Å². The van der Waals surface area contributed by atoms with Crippen LogP contribution in [0.1, 0.15) is 24.2 Å². The predicted molar refractivity (Wildman–Crippen MR) is 64.9 cm³/mol. The molecule has 0 spiro atoms. The summed E-state index contributed by atoms with van der Waals surface area (Å²) in [6.45, 7) is 3.03. The minimum atomic E-state index is 0.323. The number of hydrogen-bond acceptors (Lipinski definition) is 2. The van der Waals surface area contributed by atoms with Gasteiger partial charge in [-0.1, -0.05) is 6.07 Å². The van der Waals surface area contributed by atoms with Crippen molar-refractivity contribution in [2.75, 3.05) is 0 Å². The van der Waals surface area contributed by atoms with Crippen molar-refractivity contribution in [2.45, 2.75) is 19.5 Å². The molecule has 84 valence electrons. The third-order valence-electron chi connectivity index (χ3n) is 2.83. The topological polar surface area (TPSA) is 29.9 Å². The van der Waals surface area contributed by atoms with Crippen LogP contribution in [0.2, 0.25) is 0 Å². The van der Waals surface area contributed by atoms with Gasteiger partial charge >= 0.3 is 0 Å². The van der Waals surface area contributed by atoms with E-state index in [1.54, 1.807) is 6.20 Å². The molecule has 0 aliphatic heterocycles. The second kappa shape index (κ2) is 4.94. The first kappa shape index (κ1) is 10.9. The molecule has 0 saturated carbocycles. The Kier molecular flexibility index (Phi) is 3.37. The molecule has 2 rings (SSSR count). The van der Waals surface area contributed by atoms with E-state index >= 15 is 0 Å². The molecule has 16 heavy (non-hydrogen) atoms. The summed E-state index contributed by atoms with van der Waals surface area (Å²) >= 11 is 0. The number of rotatable bonds is 4. The summed E-state index contributed by atoms with van der Waals surface area (Å²) < 4.78 is 2.13. The van der Waals surface area contributed by atoms with E-state index in [4.69, 9.17) is 0 Å². The Morgan fingerprint density at radius 2 is 2.25 bits per heavy atom. The average Bonchev–Trinajstić information content (AvgIpc) is 2.73. The molecule has 0 bridgehead atoms. The van der Waals surface area contributed by atoms with Crippen molar-refractivity contribution in [3.05, 3.63) is 54.1 Å². The van der Waals surface area contributed by atoms with Crippen LogP contribution in [-0.4, -0.2) is 9.55 Å². The summed E-state index contributed by atoms with van der Waals surface area (Å²) in [5.74, 6) is 0. The van der Waals surface area contributed by atoms with Gasteiger partial charge in [0.05, 0.1) is 0 Å². The Labute approximate surface area is 96.1 Å². The minimum Gasteiger partial charge on any atom is -0.353 e. The van der Waals surface area contributed by atoms with E-state index in [1.807, 2.05) is 12.3 Å². The first-order valence-corrected chi connectivity index (χ1v) is 5.51. The average molecular weight is 215 g/mol. The van der Waals surface area contributed by atoms with E-state index in [-0.39, 0.29) is 0 Å². The summed E-state index contributed by atoms with van der Waals surface area (Å²) in [5.41, 5.74) is 2.51. The van der Waals surface area contributed by atoms with E-state index in [0.29, 0.717) is 6.04 Å². The van der Waals surface area contributed by atoms with Crippen LogP contribution in [0.4, 0.5) is 0 Å². The lowest BCUT2D eigenvalue weighted by Gasteiger charge is -2.14. The zero-order valence-corrected chi connectivity index (χ0v) is 9.72. The van der Waals surface area contributed by atoms with Gasteiger partial charge in [0.25, 0.3) is 0 Å². The molecule has 0 saturated heterocycles. The second-order valence-electron chi connectivity index (χ2n) is 4.00. The van der Waals surface area contributed by atoms with Crippen LogP contribution in [0.15, 0.2) is 42.9 Å². The predicted octanol–water partition coefficient (Wildman–Crippen LogP) is 2.27. The standard InChI is InChI=1S/C13H17N3/c1-11(12-5-3-7-14-9-12)15-10-13-6-4-8-16(13)2/h3-9,11,15H,10H2,1-2H3. The van der Waals surface area contributed by atoms with Crippen molar-refractivity contribution in [1.82, 2.24) is 14.9 Å². The number of aryl methyl sites for hydroxylation is 1. The fourth-order valence-corrected chi connectivity index (χ4v) is 1.69. The van der Waals surface area contributed by atoms with Crippen LogP contribution in [-0.2, 0) is 13.6 Å². The van der Waals surface area contributed by atoms with Gasteiger partial charge in [0.2, 0.25) is 0 Å². The van der Waals surface area contributed by atoms with E-state index in [2.05, 4.69) is 53.2 Å². The summed E-state index contributed by atoms with van der Waals surface area (Å²) in [5, 5.41) is 3.48. The molecular weight excluding hydrogens is 198 g/mol. The maximum absolute atomic E-state index is 4.12. The number of pyridine rings is 1. The summed E-state index contributed by atoms with van der Waals surface area (Å²) in [7, 11) is 2.06. The molecule has 0 amide bonds. The largest absolute Gasteiger partial charge is 0.353 e. The van der Waals surface area contributed by atoms with Gasteiger partial charge in [0.15, 0.2) is 0 Å². The lowest BCUT2D eigenvalue weighted by atomic mass is 10.1. The quantitative estimate of drug-likeness (QED) is 0.848. The maximum Gasteiger partial charge on any atom is 0.0364 e. The summed E-state index contributed by atoms with van der Waals surface area (Å²) in [6.07, 6.45) is 5.77. The normalized spacial score (nSPS) is 12.6. The Hall–Kier alpha value is -1.61. The molecule has 0 aliphatic rings. The number of nitrogens with one attached hydrogen (secondary N) is 1. The van der Waals surface area contributed by atoms with Crippen molar-refractivity contribution in [2.24, 2.45) is 7.05 Å². The highest BCUT2D eigenvalue weighted by molar-refractivity contribution is 5.13. The Morgan fingerprint density at radius 1 is 1.38 bits per heavy atom. The molecule has 0 radical (unpaired) electrons. The van der Waals surface area contributed by atoms with Crippen molar-refractivity contribution in [3.63, 3.8) is 0 Å². The van der Waals surface area contributed by atoms with E-state index in [1.165, 1.54) is 11.3 Å². The molecule has 2 aromatic heterocycles. The molecule has 1 unspecified atom stereocenters. The van der Waals surface area contributed by atoms with Gasteiger partial charge in [-0.3, -0.25) is 4.98 Å². The van der Waals surface area contributed by atoms with Crippen molar-refractivity contribution in [1.29, 1.82) is 0 Å². The second-order valence-corrected chi connectivity index (χ2v) is 4.00. The maximum atomic E-state index is 4.12. The van der Waals surface area contributed by atoms with Crippen molar-refractivity contribution >= 4 is 0 Å². The zero-order chi connectivity index (χ0) is 11.4. The van der Waals surface area contributed by atoms with Gasteiger partial charge in [-0.2, -0.15) is 0 Å². The van der Waals surface area contributed by atoms with Gasteiger partial charge in [0, 0.05) is 43.9 Å². The number of aromatic nitrogens is 2. The van der Waals surface area contributed by atoms with Gasteiger partial charge in [0.1, 0.15) is 0 Å². The molecule has 3 nitrogen and oxygen atoms in total. The van der Waals surface area contributed by atoms with Gasteiger partial charge < -0.3 is 9.88 Å². The van der Waals surface area contributed by atoms with E-state index < -0.39 is 0 Å². The SMILES string of the molecule is CC(NCc1cccn1C)c1cccnc1. The fraction of sp³-hybridized carbons (Fsp3) is 0.308. The molecule has 0 aliphatic carbocycles. The summed E-state index contributed by atoms with van der Waals surface area (Å²) in [6, 6.07) is 8.57. The molecule has 1 N–H and O–H groups in total. The molecular formula is C13H17N3. The Balaban J connectivity index is 1.94. The first-order valence-electron chi connectivity index (χ1n) is 5.51. The number of hydrogen-bond donors (Lipinski definition) is 1. The van der Waals surface area contributed by atoms with Crippen molar-refractivity contribution < 1.29 is 0 Å². The van der Waals surface area contributed by atoms with Crippen LogP contribution < -0.4 is 5.32 Å². The fourth-order valence-electron chi connectivity index (χ4n) is 1.69. The lowest BCUT2D eigenvalue weighted by molar-refractivity contribution is 0.556. The van der Waals surface area contributed by atoms with E-state index in [0.717, 1.165) is 6.54 Å². The lowest BCUT2D eigenvalue weighted by Crippen LogP contribution is -2.19. The third-order valence-corrected chi connectivity index (χ3v) is 2.83. The molecule has 0 aromatic carbocycles. The monoisotopic (exact) mass is 215 g/mol. The zero-order valence-electron chi connectivity index (χ0n) is 9.72. The van der Waals surface area contributed by atoms with Crippen LogP contribution in [0.25, 0.3) is 0 Å². The Bertz CT molecular complexity index is 433. The molecule has 2 heterocycles. The smallest absolute Gasteiger partial charge is 0.0364 e. The van der Waals surface area contributed by atoms with Gasteiger partial charge in [-0.25, -0.2) is 0 Å². The van der Waals surface area contributed by atoms with Crippen LogP contribution in [0.5, 0.6) is 0 Å². The van der Waals surface area contributed by atoms with Gasteiger partial charge in [-0.15, -0.1) is 0 Å². The summed E-state index contributed by atoms with van der Waals surface area (Å²) in [4.78, 5) is 4.12.